The number of aromatic nitrogens is 3. The first-order chi connectivity index (χ1) is 15.5. The van der Waals surface area contributed by atoms with Crippen LogP contribution >= 0.6 is 23.2 Å². The lowest BCUT2D eigenvalue weighted by Gasteiger charge is -2.16. The van der Waals surface area contributed by atoms with Gasteiger partial charge in [-0.2, -0.15) is 15.2 Å². The second-order valence-corrected chi connectivity index (χ2v) is 7.44. The second kappa shape index (κ2) is 9.55. The summed E-state index contributed by atoms with van der Waals surface area (Å²) >= 11 is 12.3. The number of pyridine rings is 1. The quantitative estimate of drug-likeness (QED) is 0.253. The highest BCUT2D eigenvalue weighted by atomic mass is 35.5. The lowest BCUT2D eigenvalue weighted by Crippen LogP contribution is -2.32. The molecule has 9 heteroatoms. The Balaban J connectivity index is 1.73. The van der Waals surface area contributed by atoms with Gasteiger partial charge in [0.2, 0.25) is 0 Å². The normalized spacial score (nSPS) is 10.9. The number of carbonyl (C=O) groups is 2. The third-order valence-corrected chi connectivity index (χ3v) is 5.08. The van der Waals surface area contributed by atoms with Gasteiger partial charge in [0, 0.05) is 34.1 Å². The lowest BCUT2D eigenvalue weighted by atomic mass is 10.1. The van der Waals surface area contributed by atoms with Crippen LogP contribution in [0.3, 0.4) is 0 Å². The van der Waals surface area contributed by atoms with E-state index in [9.17, 15) is 9.59 Å². The highest BCUT2D eigenvalue weighted by Crippen LogP contribution is 2.24. The minimum Gasteiger partial charge on any atom is -0.277 e. The molecule has 32 heavy (non-hydrogen) atoms. The van der Waals surface area contributed by atoms with Gasteiger partial charge in [-0.15, -0.1) is 0 Å². The number of nitrogens with one attached hydrogen (secondary N) is 1. The number of aromatic amines is 1. The fourth-order valence-electron chi connectivity index (χ4n) is 2.95. The summed E-state index contributed by atoms with van der Waals surface area (Å²) in [5, 5.41) is 12.7. The number of rotatable bonds is 5. The van der Waals surface area contributed by atoms with Crippen molar-refractivity contribution in [2.75, 3.05) is 0 Å². The van der Waals surface area contributed by atoms with E-state index in [1.54, 1.807) is 36.4 Å². The summed E-state index contributed by atoms with van der Waals surface area (Å²) in [6.45, 7) is 0. The zero-order valence-electron chi connectivity index (χ0n) is 16.4. The van der Waals surface area contributed by atoms with Crippen LogP contribution in [-0.4, -0.2) is 38.2 Å². The molecule has 158 valence electrons. The van der Waals surface area contributed by atoms with Crippen molar-refractivity contribution in [3.05, 3.63) is 106 Å². The number of amides is 2. The Labute approximate surface area is 193 Å². The summed E-state index contributed by atoms with van der Waals surface area (Å²) in [4.78, 5) is 30.2. The van der Waals surface area contributed by atoms with Crippen molar-refractivity contribution in [2.45, 2.75) is 0 Å². The number of hydrogen-bond acceptors (Lipinski definition) is 5. The lowest BCUT2D eigenvalue weighted by molar-refractivity contribution is 0.0622. The highest BCUT2D eigenvalue weighted by molar-refractivity contribution is 6.34. The molecule has 0 radical (unpaired) electrons. The van der Waals surface area contributed by atoms with E-state index in [1.807, 2.05) is 6.07 Å². The topological polar surface area (TPSA) is 91.3 Å². The van der Waals surface area contributed by atoms with E-state index in [-0.39, 0.29) is 16.1 Å². The summed E-state index contributed by atoms with van der Waals surface area (Å²) in [6, 6.07) is 16.6. The van der Waals surface area contributed by atoms with E-state index in [1.165, 1.54) is 43.0 Å². The van der Waals surface area contributed by atoms with Gasteiger partial charge in [-0.25, -0.2) is 0 Å². The Morgan fingerprint density at radius 3 is 2.50 bits per heavy atom. The van der Waals surface area contributed by atoms with E-state index in [2.05, 4.69) is 20.3 Å². The van der Waals surface area contributed by atoms with Crippen LogP contribution < -0.4 is 0 Å². The number of nitrogens with zero attached hydrogens (tertiary/aromatic N) is 4. The van der Waals surface area contributed by atoms with Crippen LogP contribution in [0, 0.1) is 0 Å². The minimum absolute atomic E-state index is 0.149. The van der Waals surface area contributed by atoms with Gasteiger partial charge in [-0.05, 0) is 36.4 Å². The van der Waals surface area contributed by atoms with E-state index in [0.717, 1.165) is 10.6 Å². The molecule has 0 atom stereocenters. The molecule has 4 rings (SSSR count). The molecule has 0 saturated heterocycles. The fourth-order valence-corrected chi connectivity index (χ4v) is 3.36. The summed E-state index contributed by atoms with van der Waals surface area (Å²) < 4.78 is 0. The van der Waals surface area contributed by atoms with Crippen molar-refractivity contribution in [2.24, 2.45) is 5.10 Å². The van der Waals surface area contributed by atoms with E-state index in [4.69, 9.17) is 23.2 Å². The standard InChI is InChI=1S/C23H15Cl2N5O2/c24-18-5-3-4-16(12-18)21-17(13-27-29-21)14-28-30(22(31)15-8-10-26-11-9-15)23(32)19-6-1-2-7-20(19)25/h1-14H,(H,27,29). The molecule has 2 heterocycles. The molecule has 0 bridgehead atoms. The van der Waals surface area contributed by atoms with Gasteiger partial charge in [0.05, 0.1) is 28.7 Å². The first-order valence-corrected chi connectivity index (χ1v) is 10.2. The number of H-pyrrole nitrogens is 1. The highest BCUT2D eigenvalue weighted by Gasteiger charge is 2.25. The predicted molar refractivity (Wildman–Crippen MR) is 123 cm³/mol. The van der Waals surface area contributed by atoms with Crippen molar-refractivity contribution in [3.63, 3.8) is 0 Å². The summed E-state index contributed by atoms with van der Waals surface area (Å²) in [7, 11) is 0. The van der Waals surface area contributed by atoms with Gasteiger partial charge in [-0.3, -0.25) is 19.7 Å². The van der Waals surface area contributed by atoms with Crippen molar-refractivity contribution in [1.29, 1.82) is 0 Å². The van der Waals surface area contributed by atoms with Crippen molar-refractivity contribution in [3.8, 4) is 11.3 Å². The van der Waals surface area contributed by atoms with Crippen LogP contribution in [0.15, 0.2) is 84.4 Å². The van der Waals surface area contributed by atoms with Crippen LogP contribution in [0.2, 0.25) is 10.0 Å². The predicted octanol–water partition coefficient (Wildman–Crippen LogP) is 5.10. The SMILES string of the molecule is O=C(c1ccncc1)N(N=Cc1cn[nH]c1-c1cccc(Cl)c1)C(=O)c1ccccc1Cl. The third-order valence-electron chi connectivity index (χ3n) is 4.51. The van der Waals surface area contributed by atoms with Crippen molar-refractivity contribution in [1.82, 2.24) is 20.2 Å². The van der Waals surface area contributed by atoms with Gasteiger partial charge in [-0.1, -0.05) is 47.5 Å². The van der Waals surface area contributed by atoms with Gasteiger partial charge < -0.3 is 0 Å². The molecule has 4 aromatic rings. The summed E-state index contributed by atoms with van der Waals surface area (Å²) in [5.41, 5.74) is 2.38. The van der Waals surface area contributed by atoms with Crippen LogP contribution in [-0.2, 0) is 0 Å². The Kier molecular flexibility index (Phi) is 6.39. The van der Waals surface area contributed by atoms with Crippen LogP contribution in [0.1, 0.15) is 26.3 Å². The molecule has 7 nitrogen and oxygen atoms in total. The second-order valence-electron chi connectivity index (χ2n) is 6.59. The molecule has 2 aromatic carbocycles. The molecule has 2 amide bonds. The Morgan fingerprint density at radius 2 is 1.75 bits per heavy atom. The average Bonchev–Trinajstić information content (AvgIpc) is 3.28. The van der Waals surface area contributed by atoms with Crippen molar-refractivity contribution >= 4 is 41.2 Å². The monoisotopic (exact) mass is 463 g/mol. The van der Waals surface area contributed by atoms with Gasteiger partial charge in [0.25, 0.3) is 11.8 Å². The number of imide groups is 1. The van der Waals surface area contributed by atoms with Crippen molar-refractivity contribution < 1.29 is 9.59 Å². The zero-order valence-corrected chi connectivity index (χ0v) is 18.0. The van der Waals surface area contributed by atoms with E-state index >= 15 is 0 Å². The zero-order chi connectivity index (χ0) is 22.5. The van der Waals surface area contributed by atoms with E-state index in [0.29, 0.717) is 16.3 Å². The maximum Gasteiger partial charge on any atom is 0.283 e. The smallest absolute Gasteiger partial charge is 0.277 e. The van der Waals surface area contributed by atoms with Gasteiger partial charge in [0.1, 0.15) is 0 Å². The maximum absolute atomic E-state index is 13.2. The minimum atomic E-state index is -0.665. The molecule has 0 saturated carbocycles. The molecule has 0 aliphatic carbocycles. The molecule has 0 fully saturated rings. The Hall–Kier alpha value is -3.81. The summed E-state index contributed by atoms with van der Waals surface area (Å²) in [5.74, 6) is -1.29. The molecular weight excluding hydrogens is 449 g/mol. The number of halogens is 2. The number of hydrogen-bond donors (Lipinski definition) is 1. The van der Waals surface area contributed by atoms with Crippen LogP contribution in [0.4, 0.5) is 0 Å². The average molecular weight is 464 g/mol. The van der Waals surface area contributed by atoms with E-state index < -0.39 is 11.8 Å². The molecule has 1 N–H and O–H groups in total. The molecule has 0 aliphatic heterocycles. The number of benzene rings is 2. The molecule has 0 aliphatic rings. The first kappa shape index (κ1) is 21.4. The molecule has 0 unspecified atom stereocenters. The van der Waals surface area contributed by atoms with Gasteiger partial charge in [0.15, 0.2) is 0 Å². The maximum atomic E-state index is 13.2. The van der Waals surface area contributed by atoms with Crippen LogP contribution in [0.5, 0.6) is 0 Å². The summed E-state index contributed by atoms with van der Waals surface area (Å²) in [6.07, 6.45) is 5.84. The molecular formula is C23H15Cl2N5O2. The molecule has 2 aromatic heterocycles. The molecule has 0 spiro atoms. The number of hydrazone groups is 1. The van der Waals surface area contributed by atoms with Crippen LogP contribution in [0.25, 0.3) is 11.3 Å². The Morgan fingerprint density at radius 1 is 0.969 bits per heavy atom. The number of carbonyl (C=O) groups excluding carboxylic acids is 2. The first-order valence-electron chi connectivity index (χ1n) is 9.41. The Bertz CT molecular complexity index is 1300. The fraction of sp³-hybridized carbons (Fsp3) is 0. The van der Waals surface area contributed by atoms with Gasteiger partial charge >= 0.3 is 0 Å². The largest absolute Gasteiger partial charge is 0.283 e. The third kappa shape index (κ3) is 4.59.